The summed E-state index contributed by atoms with van der Waals surface area (Å²) in [6, 6.07) is 6.62. The van der Waals surface area contributed by atoms with Crippen LogP contribution in [0.3, 0.4) is 0 Å². The average molecular weight is 134 g/mol. The number of benzene rings is 1. The van der Waals surface area contributed by atoms with E-state index < -0.39 is 0 Å². The third kappa shape index (κ3) is 1.38. The average Bonchev–Trinajstić information content (AvgIpc) is 1.88. The third-order valence-corrected chi connectivity index (χ3v) is 1.88. The minimum Gasteiger partial charge on any atom is -0.0613 e. The summed E-state index contributed by atoms with van der Waals surface area (Å²) in [4.78, 5) is 0. The summed E-state index contributed by atoms with van der Waals surface area (Å²) in [7, 11) is 0. The van der Waals surface area contributed by atoms with Gasteiger partial charge in [0.1, 0.15) is 0 Å². The second-order valence-electron chi connectivity index (χ2n) is 2.78. The van der Waals surface area contributed by atoms with E-state index in [0.29, 0.717) is 0 Å². The van der Waals surface area contributed by atoms with E-state index in [1.807, 2.05) is 0 Å². The Kier molecular flexibility index (Phi) is 2.10. The van der Waals surface area contributed by atoms with Gasteiger partial charge in [-0.2, -0.15) is 0 Å². The maximum absolute atomic E-state index is 2.23. The fourth-order valence-electron chi connectivity index (χ4n) is 1.24. The normalized spacial score (nSPS) is 9.90. The first kappa shape index (κ1) is 7.33. The van der Waals surface area contributed by atoms with E-state index in [4.69, 9.17) is 0 Å². The molecule has 0 aliphatic carbocycles. The van der Waals surface area contributed by atoms with Gasteiger partial charge >= 0.3 is 0 Å². The highest BCUT2D eigenvalue weighted by molar-refractivity contribution is 5.30. The van der Waals surface area contributed by atoms with Crippen molar-refractivity contribution in [3.05, 3.63) is 34.9 Å². The topological polar surface area (TPSA) is 0 Å². The Morgan fingerprint density at radius 1 is 1.20 bits per heavy atom. The molecule has 0 bridgehead atoms. The van der Waals surface area contributed by atoms with E-state index >= 15 is 0 Å². The van der Waals surface area contributed by atoms with Gasteiger partial charge in [-0.05, 0) is 31.4 Å². The quantitative estimate of drug-likeness (QED) is 0.554. The summed E-state index contributed by atoms with van der Waals surface area (Å²) < 4.78 is 0. The Morgan fingerprint density at radius 3 is 2.40 bits per heavy atom. The van der Waals surface area contributed by atoms with Crippen LogP contribution in [-0.4, -0.2) is 0 Å². The minimum atomic E-state index is 1.14. The van der Waals surface area contributed by atoms with Crippen molar-refractivity contribution >= 4 is 0 Å². The standard InChI is InChI=1S/C10H14/c1-4-10-6-5-8(2)7-9(10)3/h5-7H,4H2,1-3H3. The lowest BCUT2D eigenvalue weighted by atomic mass is 10.0. The highest BCUT2D eigenvalue weighted by Gasteiger charge is 1.93. The van der Waals surface area contributed by atoms with Crippen LogP contribution in [0.1, 0.15) is 23.6 Å². The zero-order chi connectivity index (χ0) is 7.56. The zero-order valence-electron chi connectivity index (χ0n) is 6.94. The third-order valence-electron chi connectivity index (χ3n) is 1.88. The molecular formula is C10H14. The maximum Gasteiger partial charge on any atom is -0.0305 e. The lowest BCUT2D eigenvalue weighted by Gasteiger charge is -2.02. The van der Waals surface area contributed by atoms with Crippen LogP contribution < -0.4 is 0 Å². The predicted octanol–water partition coefficient (Wildman–Crippen LogP) is 2.87. The van der Waals surface area contributed by atoms with Crippen LogP contribution in [0.2, 0.25) is 0 Å². The molecule has 0 saturated carbocycles. The number of hydrogen-bond donors (Lipinski definition) is 0. The van der Waals surface area contributed by atoms with E-state index in [9.17, 15) is 0 Å². The Hall–Kier alpha value is -0.780. The Balaban J connectivity index is 3.07. The van der Waals surface area contributed by atoms with Crippen LogP contribution in [-0.2, 0) is 6.42 Å². The van der Waals surface area contributed by atoms with Crippen LogP contribution in [0.25, 0.3) is 0 Å². The predicted molar refractivity (Wildman–Crippen MR) is 45.3 cm³/mol. The molecule has 1 aromatic rings. The van der Waals surface area contributed by atoms with Crippen molar-refractivity contribution < 1.29 is 0 Å². The van der Waals surface area contributed by atoms with E-state index in [1.165, 1.54) is 16.7 Å². The molecule has 0 heterocycles. The highest BCUT2D eigenvalue weighted by Crippen LogP contribution is 2.10. The van der Waals surface area contributed by atoms with Crippen molar-refractivity contribution in [2.45, 2.75) is 27.2 Å². The van der Waals surface area contributed by atoms with Gasteiger partial charge in [0, 0.05) is 0 Å². The minimum absolute atomic E-state index is 1.14. The van der Waals surface area contributed by atoms with Crippen LogP contribution in [0.15, 0.2) is 18.2 Å². The summed E-state index contributed by atoms with van der Waals surface area (Å²) in [5.41, 5.74) is 4.24. The summed E-state index contributed by atoms with van der Waals surface area (Å²) in [5, 5.41) is 0. The molecule has 0 N–H and O–H groups in total. The first-order valence-electron chi connectivity index (χ1n) is 3.80. The van der Waals surface area contributed by atoms with Gasteiger partial charge < -0.3 is 0 Å². The second-order valence-corrected chi connectivity index (χ2v) is 2.78. The molecule has 0 spiro atoms. The van der Waals surface area contributed by atoms with Crippen molar-refractivity contribution in [3.8, 4) is 0 Å². The largest absolute Gasteiger partial charge is 0.0613 e. The molecule has 0 aromatic heterocycles. The lowest BCUT2D eigenvalue weighted by Crippen LogP contribution is -1.85. The Morgan fingerprint density at radius 2 is 1.90 bits per heavy atom. The van der Waals surface area contributed by atoms with Crippen LogP contribution in [0.4, 0.5) is 0 Å². The fraction of sp³-hybridized carbons (Fsp3) is 0.400. The van der Waals surface area contributed by atoms with Crippen molar-refractivity contribution in [2.75, 3.05) is 0 Å². The number of hydrogen-bond acceptors (Lipinski definition) is 0. The monoisotopic (exact) mass is 134 g/mol. The summed E-state index contributed by atoms with van der Waals surface area (Å²) in [6.07, 6.45) is 1.14. The molecule has 0 heteroatoms. The van der Waals surface area contributed by atoms with Gasteiger partial charge in [0.15, 0.2) is 0 Å². The molecule has 1 rings (SSSR count). The molecular weight excluding hydrogens is 120 g/mol. The SMILES string of the molecule is CCc1ccc(C)cc1C. The molecule has 0 radical (unpaired) electrons. The lowest BCUT2D eigenvalue weighted by molar-refractivity contribution is 1.10. The number of aryl methyl sites for hydroxylation is 3. The molecule has 54 valence electrons. The van der Waals surface area contributed by atoms with Gasteiger partial charge in [-0.25, -0.2) is 0 Å². The molecule has 1 aromatic carbocycles. The molecule has 0 atom stereocenters. The van der Waals surface area contributed by atoms with Gasteiger partial charge in [0.2, 0.25) is 0 Å². The molecule has 0 nitrogen and oxygen atoms in total. The zero-order valence-corrected chi connectivity index (χ0v) is 6.94. The Labute approximate surface area is 62.9 Å². The first-order valence-corrected chi connectivity index (χ1v) is 3.80. The summed E-state index contributed by atoms with van der Waals surface area (Å²) >= 11 is 0. The first-order chi connectivity index (χ1) is 4.74. The van der Waals surface area contributed by atoms with Gasteiger partial charge in [-0.15, -0.1) is 0 Å². The molecule has 10 heavy (non-hydrogen) atoms. The van der Waals surface area contributed by atoms with Crippen molar-refractivity contribution in [3.63, 3.8) is 0 Å². The van der Waals surface area contributed by atoms with Crippen molar-refractivity contribution in [1.29, 1.82) is 0 Å². The van der Waals surface area contributed by atoms with Crippen LogP contribution >= 0.6 is 0 Å². The molecule has 0 fully saturated rings. The van der Waals surface area contributed by atoms with Crippen LogP contribution in [0.5, 0.6) is 0 Å². The van der Waals surface area contributed by atoms with Gasteiger partial charge in [-0.1, -0.05) is 30.7 Å². The molecule has 0 amide bonds. The van der Waals surface area contributed by atoms with E-state index in [2.05, 4.69) is 39.0 Å². The highest BCUT2D eigenvalue weighted by atomic mass is 14.0. The second kappa shape index (κ2) is 2.87. The molecule has 0 unspecified atom stereocenters. The van der Waals surface area contributed by atoms with Crippen LogP contribution in [0, 0.1) is 13.8 Å². The van der Waals surface area contributed by atoms with E-state index in [1.54, 1.807) is 0 Å². The van der Waals surface area contributed by atoms with Gasteiger partial charge in [-0.3, -0.25) is 0 Å². The number of rotatable bonds is 1. The molecule has 0 saturated heterocycles. The Bertz CT molecular complexity index is 223. The van der Waals surface area contributed by atoms with E-state index in [-0.39, 0.29) is 0 Å². The van der Waals surface area contributed by atoms with Crippen molar-refractivity contribution in [2.24, 2.45) is 0 Å². The summed E-state index contributed by atoms with van der Waals surface area (Å²) in [6.45, 7) is 6.50. The molecule has 0 aliphatic heterocycles. The fourth-order valence-corrected chi connectivity index (χ4v) is 1.24. The maximum atomic E-state index is 2.23. The van der Waals surface area contributed by atoms with Gasteiger partial charge in [0.25, 0.3) is 0 Å². The molecule has 0 aliphatic rings. The van der Waals surface area contributed by atoms with Crippen molar-refractivity contribution in [1.82, 2.24) is 0 Å². The van der Waals surface area contributed by atoms with Gasteiger partial charge in [0.05, 0.1) is 0 Å². The van der Waals surface area contributed by atoms with E-state index in [0.717, 1.165) is 6.42 Å². The smallest absolute Gasteiger partial charge is 0.0305 e. The summed E-state index contributed by atoms with van der Waals surface area (Å²) in [5.74, 6) is 0.